The number of thioether (sulfide) groups is 1. The number of ether oxygens (including phenoxy) is 1. The Bertz CT molecular complexity index is 566. The van der Waals surface area contributed by atoms with Crippen molar-refractivity contribution in [2.45, 2.75) is 24.1 Å². The molecule has 1 aromatic carbocycles. The first-order valence-electron chi connectivity index (χ1n) is 6.56. The fourth-order valence-electron chi connectivity index (χ4n) is 3.12. The second-order valence-corrected chi connectivity index (χ2v) is 6.81. The zero-order valence-corrected chi connectivity index (χ0v) is 11.9. The number of benzene rings is 1. The van der Waals surface area contributed by atoms with Gasteiger partial charge < -0.3 is 10.5 Å². The third kappa shape index (κ3) is 2.20. The Labute approximate surface area is 120 Å². The topological polar surface area (TPSA) is 47.6 Å². The Balaban J connectivity index is 2.06. The first-order chi connectivity index (χ1) is 9.50. The Kier molecular flexibility index (Phi) is 3.46. The Morgan fingerprint density at radius 2 is 2.25 bits per heavy atom. The number of nitrogens with zero attached hydrogens (tertiary/aromatic N) is 1. The van der Waals surface area contributed by atoms with Gasteiger partial charge in [0, 0.05) is 24.2 Å². The highest BCUT2D eigenvalue weighted by molar-refractivity contribution is 8.14. The Hall–Kier alpha value is -1.14. The van der Waals surface area contributed by atoms with Crippen LogP contribution < -0.4 is 5.73 Å². The van der Waals surface area contributed by atoms with Crippen LogP contribution in [0.4, 0.5) is 8.78 Å². The molecule has 0 amide bonds. The summed E-state index contributed by atoms with van der Waals surface area (Å²) in [5.41, 5.74) is 6.38. The van der Waals surface area contributed by atoms with Gasteiger partial charge in [-0.25, -0.2) is 8.78 Å². The molecule has 1 aromatic rings. The summed E-state index contributed by atoms with van der Waals surface area (Å²) in [7, 11) is 0. The molecule has 0 spiro atoms. The molecule has 0 radical (unpaired) electrons. The van der Waals surface area contributed by atoms with Crippen LogP contribution in [0.3, 0.4) is 0 Å². The summed E-state index contributed by atoms with van der Waals surface area (Å²) < 4.78 is 32.2. The van der Waals surface area contributed by atoms with E-state index >= 15 is 0 Å². The van der Waals surface area contributed by atoms with Gasteiger partial charge in [-0.3, -0.25) is 4.99 Å². The van der Waals surface area contributed by atoms with Crippen molar-refractivity contribution in [2.75, 3.05) is 13.2 Å². The summed E-state index contributed by atoms with van der Waals surface area (Å²) >= 11 is 1.36. The molecule has 2 aliphatic heterocycles. The number of hydrogen-bond acceptors (Lipinski definition) is 4. The van der Waals surface area contributed by atoms with Crippen LogP contribution >= 0.6 is 11.8 Å². The third-order valence-electron chi connectivity index (χ3n) is 4.11. The number of rotatable bonds is 1. The molecule has 6 heteroatoms. The summed E-state index contributed by atoms with van der Waals surface area (Å²) in [6, 6.07) is 3.68. The SMILES string of the molecule is CC1(c2ccc(F)cc2F)SC(N)=NC2COCCC21. The molecule has 3 atom stereocenters. The summed E-state index contributed by atoms with van der Waals surface area (Å²) in [4.78, 5) is 4.41. The molecule has 1 saturated heterocycles. The maximum Gasteiger partial charge on any atom is 0.155 e. The van der Waals surface area contributed by atoms with E-state index in [0.717, 1.165) is 12.5 Å². The second kappa shape index (κ2) is 5.00. The van der Waals surface area contributed by atoms with E-state index in [2.05, 4.69) is 4.99 Å². The molecule has 0 aliphatic carbocycles. The van der Waals surface area contributed by atoms with Gasteiger partial charge in [-0.2, -0.15) is 0 Å². The van der Waals surface area contributed by atoms with E-state index in [1.54, 1.807) is 0 Å². The van der Waals surface area contributed by atoms with Crippen molar-refractivity contribution < 1.29 is 13.5 Å². The number of aliphatic imine (C=N–C) groups is 1. The fraction of sp³-hybridized carbons (Fsp3) is 0.500. The number of nitrogens with two attached hydrogens (primary N) is 1. The van der Waals surface area contributed by atoms with Crippen LogP contribution in [0.15, 0.2) is 23.2 Å². The van der Waals surface area contributed by atoms with E-state index in [9.17, 15) is 8.78 Å². The van der Waals surface area contributed by atoms with Crippen molar-refractivity contribution in [3.63, 3.8) is 0 Å². The number of halogens is 2. The van der Waals surface area contributed by atoms with Crippen LogP contribution in [0.2, 0.25) is 0 Å². The quantitative estimate of drug-likeness (QED) is 0.867. The number of fused-ring (bicyclic) bond motifs is 1. The van der Waals surface area contributed by atoms with E-state index in [4.69, 9.17) is 10.5 Å². The lowest BCUT2D eigenvalue weighted by Crippen LogP contribution is -2.47. The van der Waals surface area contributed by atoms with Gasteiger partial charge >= 0.3 is 0 Å². The lowest BCUT2D eigenvalue weighted by molar-refractivity contribution is 0.0370. The third-order valence-corrected chi connectivity index (χ3v) is 5.37. The van der Waals surface area contributed by atoms with Crippen LogP contribution in [-0.2, 0) is 9.48 Å². The fourth-order valence-corrected chi connectivity index (χ4v) is 4.45. The van der Waals surface area contributed by atoms with E-state index in [-0.39, 0.29) is 12.0 Å². The zero-order chi connectivity index (χ0) is 14.3. The van der Waals surface area contributed by atoms with Gasteiger partial charge in [0.25, 0.3) is 0 Å². The van der Waals surface area contributed by atoms with Crippen molar-refractivity contribution in [3.8, 4) is 0 Å². The van der Waals surface area contributed by atoms with Gasteiger partial charge in [0.1, 0.15) is 11.6 Å². The van der Waals surface area contributed by atoms with Gasteiger partial charge in [-0.15, -0.1) is 0 Å². The first kappa shape index (κ1) is 13.8. The van der Waals surface area contributed by atoms with Crippen LogP contribution in [0.25, 0.3) is 0 Å². The van der Waals surface area contributed by atoms with Gasteiger partial charge in [0.15, 0.2) is 5.17 Å². The van der Waals surface area contributed by atoms with Crippen LogP contribution in [0, 0.1) is 17.6 Å². The highest BCUT2D eigenvalue weighted by atomic mass is 32.2. The van der Waals surface area contributed by atoms with Crippen LogP contribution in [0.5, 0.6) is 0 Å². The Morgan fingerprint density at radius 1 is 1.45 bits per heavy atom. The van der Waals surface area contributed by atoms with E-state index in [1.165, 1.54) is 23.9 Å². The average Bonchev–Trinajstić information content (AvgIpc) is 2.38. The maximum absolute atomic E-state index is 14.2. The van der Waals surface area contributed by atoms with Gasteiger partial charge in [0.05, 0.1) is 17.4 Å². The molecule has 2 N–H and O–H groups in total. The summed E-state index contributed by atoms with van der Waals surface area (Å²) in [5.74, 6) is -0.964. The number of hydrogen-bond donors (Lipinski definition) is 1. The van der Waals surface area contributed by atoms with Crippen molar-refractivity contribution in [2.24, 2.45) is 16.6 Å². The molecule has 108 valence electrons. The zero-order valence-electron chi connectivity index (χ0n) is 11.1. The minimum Gasteiger partial charge on any atom is -0.379 e. The normalized spacial score (nSPS) is 33.5. The largest absolute Gasteiger partial charge is 0.379 e. The lowest BCUT2D eigenvalue weighted by atomic mass is 9.78. The molecule has 3 unspecified atom stereocenters. The van der Waals surface area contributed by atoms with Crippen molar-refractivity contribution in [1.29, 1.82) is 0 Å². The molecule has 2 aliphatic rings. The molecule has 1 fully saturated rings. The standard InChI is InChI=1S/C14H16F2N2OS/c1-14(9-3-2-8(15)6-11(9)16)10-4-5-19-7-12(10)18-13(17)20-14/h2-3,6,10,12H,4-5,7H2,1H3,(H2,17,18). The lowest BCUT2D eigenvalue weighted by Gasteiger charge is -2.45. The number of amidine groups is 1. The summed E-state index contributed by atoms with van der Waals surface area (Å²) in [5, 5.41) is 0.433. The molecule has 0 saturated carbocycles. The minimum atomic E-state index is -0.569. The summed E-state index contributed by atoms with van der Waals surface area (Å²) in [6.07, 6.45) is 0.793. The van der Waals surface area contributed by atoms with E-state index < -0.39 is 16.4 Å². The monoisotopic (exact) mass is 298 g/mol. The minimum absolute atomic E-state index is 0.0561. The Morgan fingerprint density at radius 3 is 3.00 bits per heavy atom. The van der Waals surface area contributed by atoms with Crippen molar-refractivity contribution >= 4 is 16.9 Å². The molecule has 3 nitrogen and oxygen atoms in total. The predicted octanol–water partition coefficient (Wildman–Crippen LogP) is 2.65. The smallest absolute Gasteiger partial charge is 0.155 e. The van der Waals surface area contributed by atoms with Crippen molar-refractivity contribution in [1.82, 2.24) is 0 Å². The molecule has 0 bridgehead atoms. The van der Waals surface area contributed by atoms with Crippen LogP contribution in [-0.4, -0.2) is 24.4 Å². The van der Waals surface area contributed by atoms with Crippen molar-refractivity contribution in [3.05, 3.63) is 35.4 Å². The van der Waals surface area contributed by atoms with Gasteiger partial charge in [-0.1, -0.05) is 17.8 Å². The molecular weight excluding hydrogens is 282 g/mol. The van der Waals surface area contributed by atoms with Crippen LogP contribution in [0.1, 0.15) is 18.9 Å². The molecule has 20 heavy (non-hydrogen) atoms. The van der Waals surface area contributed by atoms with E-state index in [0.29, 0.717) is 23.9 Å². The highest BCUT2D eigenvalue weighted by Gasteiger charge is 2.47. The average molecular weight is 298 g/mol. The summed E-state index contributed by atoms with van der Waals surface area (Å²) in [6.45, 7) is 3.10. The highest BCUT2D eigenvalue weighted by Crippen LogP contribution is 2.50. The molecule has 0 aromatic heterocycles. The second-order valence-electron chi connectivity index (χ2n) is 5.34. The molecular formula is C14H16F2N2OS. The molecule has 3 rings (SSSR count). The van der Waals surface area contributed by atoms with E-state index in [1.807, 2.05) is 6.92 Å². The van der Waals surface area contributed by atoms with Gasteiger partial charge in [-0.05, 0) is 19.4 Å². The van der Waals surface area contributed by atoms with Gasteiger partial charge in [0.2, 0.25) is 0 Å². The molecule has 2 heterocycles. The predicted molar refractivity (Wildman–Crippen MR) is 75.6 cm³/mol. The maximum atomic E-state index is 14.2. The first-order valence-corrected chi connectivity index (χ1v) is 7.38.